The SMILES string of the molecule is CSc1c(C#N)c(N)nn1[C@@H]1C[C@H](O)[C@@H](CO)O1. The molecule has 1 fully saturated rings. The number of nitrogen functional groups attached to an aromatic ring is 1. The van der Waals surface area contributed by atoms with Gasteiger partial charge >= 0.3 is 0 Å². The number of thioether (sulfide) groups is 1. The summed E-state index contributed by atoms with van der Waals surface area (Å²) in [6, 6.07) is 2.00. The Bertz CT molecular complexity index is 484. The number of hydrogen-bond donors (Lipinski definition) is 3. The van der Waals surface area contributed by atoms with Gasteiger partial charge in [0.25, 0.3) is 0 Å². The highest BCUT2D eigenvalue weighted by Crippen LogP contribution is 2.34. The standard InChI is InChI=1S/C10H14N4O3S/c1-18-10-5(3-11)9(12)13-14(10)8-2-6(16)7(4-15)17-8/h6-8,15-16H,2,4H2,1H3,(H2,12,13)/t6-,7+,8-/m0/s1. The number of ether oxygens (including phenoxy) is 1. The van der Waals surface area contributed by atoms with Crippen LogP contribution < -0.4 is 5.73 Å². The molecule has 0 spiro atoms. The molecule has 4 N–H and O–H groups in total. The van der Waals surface area contributed by atoms with E-state index in [9.17, 15) is 5.11 Å². The van der Waals surface area contributed by atoms with Crippen LogP contribution in [0.5, 0.6) is 0 Å². The monoisotopic (exact) mass is 270 g/mol. The minimum Gasteiger partial charge on any atom is -0.394 e. The summed E-state index contributed by atoms with van der Waals surface area (Å²) in [5, 5.41) is 32.4. The van der Waals surface area contributed by atoms with Gasteiger partial charge in [-0.05, 0) is 6.26 Å². The molecule has 0 bridgehead atoms. The fourth-order valence-corrected chi connectivity index (χ4v) is 2.66. The summed E-state index contributed by atoms with van der Waals surface area (Å²) in [4.78, 5) is 0. The van der Waals surface area contributed by atoms with E-state index >= 15 is 0 Å². The number of aliphatic hydroxyl groups is 2. The molecule has 1 aromatic heterocycles. The predicted octanol–water partition coefficient (Wildman–Crippen LogP) is -0.300. The van der Waals surface area contributed by atoms with Gasteiger partial charge in [0.15, 0.2) is 12.0 Å². The van der Waals surface area contributed by atoms with E-state index in [1.54, 1.807) is 0 Å². The number of aromatic nitrogens is 2. The van der Waals surface area contributed by atoms with Crippen LogP contribution in [0.1, 0.15) is 18.2 Å². The highest BCUT2D eigenvalue weighted by molar-refractivity contribution is 7.98. The Labute approximate surface area is 108 Å². The van der Waals surface area contributed by atoms with Gasteiger partial charge < -0.3 is 20.7 Å². The first kappa shape index (κ1) is 13.2. The van der Waals surface area contributed by atoms with Crippen molar-refractivity contribution in [1.82, 2.24) is 9.78 Å². The molecule has 0 saturated carbocycles. The lowest BCUT2D eigenvalue weighted by Gasteiger charge is -2.14. The minimum atomic E-state index is -0.745. The lowest BCUT2D eigenvalue weighted by atomic mass is 10.2. The lowest BCUT2D eigenvalue weighted by Crippen LogP contribution is -2.24. The van der Waals surface area contributed by atoms with Gasteiger partial charge in [-0.3, -0.25) is 0 Å². The Kier molecular flexibility index (Phi) is 3.77. The maximum absolute atomic E-state index is 9.69. The smallest absolute Gasteiger partial charge is 0.164 e. The van der Waals surface area contributed by atoms with Crippen molar-refractivity contribution in [2.45, 2.75) is 29.9 Å². The molecule has 0 amide bonds. The summed E-state index contributed by atoms with van der Waals surface area (Å²) in [7, 11) is 0. The third kappa shape index (κ3) is 2.06. The maximum atomic E-state index is 9.69. The molecule has 0 aromatic carbocycles. The van der Waals surface area contributed by atoms with Crippen molar-refractivity contribution in [1.29, 1.82) is 5.26 Å². The van der Waals surface area contributed by atoms with E-state index in [-0.39, 0.29) is 12.4 Å². The molecule has 98 valence electrons. The van der Waals surface area contributed by atoms with Crippen molar-refractivity contribution in [2.24, 2.45) is 0 Å². The van der Waals surface area contributed by atoms with Crippen LogP contribution in [-0.2, 0) is 4.74 Å². The summed E-state index contributed by atoms with van der Waals surface area (Å²) in [5.41, 5.74) is 5.98. The zero-order chi connectivity index (χ0) is 13.3. The van der Waals surface area contributed by atoms with E-state index in [4.69, 9.17) is 20.8 Å². The average Bonchev–Trinajstić information content (AvgIpc) is 2.88. The molecule has 8 heteroatoms. The van der Waals surface area contributed by atoms with Crippen LogP contribution in [0.2, 0.25) is 0 Å². The zero-order valence-electron chi connectivity index (χ0n) is 9.78. The molecule has 1 saturated heterocycles. The Balaban J connectivity index is 2.33. The van der Waals surface area contributed by atoms with Gasteiger partial charge in [-0.2, -0.15) is 10.4 Å². The predicted molar refractivity (Wildman–Crippen MR) is 64.8 cm³/mol. The second-order valence-electron chi connectivity index (χ2n) is 3.94. The van der Waals surface area contributed by atoms with Gasteiger partial charge in [-0.25, -0.2) is 4.68 Å². The molecule has 18 heavy (non-hydrogen) atoms. The van der Waals surface area contributed by atoms with E-state index in [0.29, 0.717) is 17.0 Å². The molecule has 1 aliphatic heterocycles. The molecule has 1 aliphatic rings. The van der Waals surface area contributed by atoms with Crippen molar-refractivity contribution in [2.75, 3.05) is 18.6 Å². The van der Waals surface area contributed by atoms with Crippen molar-refractivity contribution in [3.05, 3.63) is 5.56 Å². The van der Waals surface area contributed by atoms with Gasteiger partial charge in [0.05, 0.1) is 12.7 Å². The van der Waals surface area contributed by atoms with Crippen molar-refractivity contribution in [3.63, 3.8) is 0 Å². The molecule has 0 aliphatic carbocycles. The second-order valence-corrected chi connectivity index (χ2v) is 4.74. The highest BCUT2D eigenvalue weighted by Gasteiger charge is 2.36. The van der Waals surface area contributed by atoms with E-state index < -0.39 is 18.4 Å². The normalized spacial score (nSPS) is 27.3. The summed E-state index contributed by atoms with van der Waals surface area (Å²) >= 11 is 1.34. The second kappa shape index (κ2) is 5.16. The summed E-state index contributed by atoms with van der Waals surface area (Å²) in [5.74, 6) is 0.146. The number of anilines is 1. The molecule has 0 unspecified atom stereocenters. The van der Waals surface area contributed by atoms with Crippen molar-refractivity contribution >= 4 is 17.6 Å². The van der Waals surface area contributed by atoms with Crippen LogP contribution >= 0.6 is 11.8 Å². The zero-order valence-corrected chi connectivity index (χ0v) is 10.6. The van der Waals surface area contributed by atoms with Crippen LogP contribution in [0.3, 0.4) is 0 Å². The summed E-state index contributed by atoms with van der Waals surface area (Å²) in [6.07, 6.45) is 0.239. The third-order valence-electron chi connectivity index (χ3n) is 2.86. The fraction of sp³-hybridized carbons (Fsp3) is 0.600. The lowest BCUT2D eigenvalue weighted by molar-refractivity contribution is -0.0512. The van der Waals surface area contributed by atoms with Crippen LogP contribution in [0, 0.1) is 11.3 Å². The fourth-order valence-electron chi connectivity index (χ4n) is 1.96. The number of nitrogens with two attached hydrogens (primary N) is 1. The average molecular weight is 270 g/mol. The quantitative estimate of drug-likeness (QED) is 0.645. The van der Waals surface area contributed by atoms with Gasteiger partial charge in [0.2, 0.25) is 0 Å². The summed E-state index contributed by atoms with van der Waals surface area (Å²) in [6.45, 7) is -0.256. The van der Waals surface area contributed by atoms with E-state index in [1.807, 2.05) is 12.3 Å². The molecule has 2 heterocycles. The number of aliphatic hydroxyl groups excluding tert-OH is 2. The van der Waals surface area contributed by atoms with Gasteiger partial charge in [0, 0.05) is 6.42 Å². The van der Waals surface area contributed by atoms with Crippen molar-refractivity contribution < 1.29 is 14.9 Å². The third-order valence-corrected chi connectivity index (χ3v) is 3.63. The van der Waals surface area contributed by atoms with E-state index in [1.165, 1.54) is 16.4 Å². The first-order valence-electron chi connectivity index (χ1n) is 5.38. The summed E-state index contributed by atoms with van der Waals surface area (Å²) < 4.78 is 6.98. The van der Waals surface area contributed by atoms with E-state index in [0.717, 1.165) is 0 Å². The van der Waals surface area contributed by atoms with Crippen LogP contribution in [0.4, 0.5) is 5.82 Å². The Morgan fingerprint density at radius 1 is 1.72 bits per heavy atom. The van der Waals surface area contributed by atoms with Gasteiger partial charge in [0.1, 0.15) is 22.8 Å². The number of rotatable bonds is 3. The highest BCUT2D eigenvalue weighted by atomic mass is 32.2. The van der Waals surface area contributed by atoms with Gasteiger partial charge in [-0.1, -0.05) is 0 Å². The number of hydrogen-bond acceptors (Lipinski definition) is 7. The number of nitriles is 1. The maximum Gasteiger partial charge on any atom is 0.164 e. The first-order chi connectivity index (χ1) is 8.62. The molecular weight excluding hydrogens is 256 g/mol. The minimum absolute atomic E-state index is 0.146. The van der Waals surface area contributed by atoms with Crippen molar-refractivity contribution in [3.8, 4) is 6.07 Å². The van der Waals surface area contributed by atoms with Crippen LogP contribution in [0.15, 0.2) is 5.03 Å². The van der Waals surface area contributed by atoms with E-state index in [2.05, 4.69) is 5.10 Å². The molecule has 3 atom stereocenters. The Hall–Kier alpha value is -1.27. The molecule has 2 rings (SSSR count). The largest absolute Gasteiger partial charge is 0.394 e. The molecule has 0 radical (unpaired) electrons. The topological polar surface area (TPSA) is 117 Å². The van der Waals surface area contributed by atoms with Gasteiger partial charge in [-0.15, -0.1) is 11.8 Å². The Morgan fingerprint density at radius 2 is 2.44 bits per heavy atom. The Morgan fingerprint density at radius 3 is 2.94 bits per heavy atom. The molecular formula is C10H14N4O3S. The first-order valence-corrected chi connectivity index (χ1v) is 6.61. The number of nitrogens with zero attached hydrogens (tertiary/aromatic N) is 3. The van der Waals surface area contributed by atoms with Crippen LogP contribution in [0.25, 0.3) is 0 Å². The molecule has 7 nitrogen and oxygen atoms in total. The molecule has 1 aromatic rings. The van der Waals surface area contributed by atoms with Crippen LogP contribution in [-0.4, -0.2) is 45.1 Å².